The Labute approximate surface area is 101 Å². The van der Waals surface area contributed by atoms with Crippen LogP contribution in [0.5, 0.6) is 0 Å². The summed E-state index contributed by atoms with van der Waals surface area (Å²) in [7, 11) is 3.22. The summed E-state index contributed by atoms with van der Waals surface area (Å²) in [6, 6.07) is -0.0235. The Morgan fingerprint density at radius 1 is 1.59 bits per heavy atom. The predicted molar refractivity (Wildman–Crippen MR) is 66.3 cm³/mol. The molecule has 0 amide bonds. The van der Waals surface area contributed by atoms with Gasteiger partial charge in [-0.1, -0.05) is 13.0 Å². The van der Waals surface area contributed by atoms with Gasteiger partial charge in [-0.25, -0.2) is 9.79 Å². The molecular weight excluding hydrogens is 220 g/mol. The van der Waals surface area contributed by atoms with Crippen molar-refractivity contribution >= 4 is 11.9 Å². The van der Waals surface area contributed by atoms with Gasteiger partial charge >= 0.3 is 5.97 Å². The first-order chi connectivity index (χ1) is 7.99. The van der Waals surface area contributed by atoms with Crippen molar-refractivity contribution in [2.75, 3.05) is 14.2 Å². The van der Waals surface area contributed by atoms with Gasteiger partial charge in [-0.05, 0) is 13.0 Å². The fourth-order valence-electron chi connectivity index (χ4n) is 2.25. The van der Waals surface area contributed by atoms with Gasteiger partial charge in [0.1, 0.15) is 0 Å². The van der Waals surface area contributed by atoms with E-state index in [4.69, 9.17) is 16.2 Å². The zero-order valence-electron chi connectivity index (χ0n) is 10.4. The van der Waals surface area contributed by atoms with Crippen LogP contribution in [-0.2, 0) is 9.53 Å². The maximum absolute atomic E-state index is 11.5. The minimum absolute atomic E-state index is 0.0357. The number of nitrogens with one attached hydrogen (secondary N) is 1. The van der Waals surface area contributed by atoms with Gasteiger partial charge in [-0.3, -0.25) is 0 Å². The first-order valence-corrected chi connectivity index (χ1v) is 5.54. The number of nitrogens with two attached hydrogens (primary N) is 2. The smallest absolute Gasteiger partial charge is 0.333 e. The van der Waals surface area contributed by atoms with E-state index in [-0.39, 0.29) is 29.9 Å². The third-order valence-electron chi connectivity index (χ3n) is 2.97. The summed E-state index contributed by atoms with van der Waals surface area (Å²) in [5.41, 5.74) is 11.4. The zero-order chi connectivity index (χ0) is 13.0. The summed E-state index contributed by atoms with van der Waals surface area (Å²) < 4.78 is 4.72. The summed E-state index contributed by atoms with van der Waals surface area (Å²) in [4.78, 5) is 15.7. The Morgan fingerprint density at radius 2 is 2.24 bits per heavy atom. The molecule has 0 saturated heterocycles. The van der Waals surface area contributed by atoms with Crippen LogP contribution in [0, 0.1) is 5.92 Å². The Balaban J connectivity index is 2.96. The third-order valence-corrected chi connectivity index (χ3v) is 2.97. The Bertz CT molecular complexity index is 347. The number of aliphatic imine (C=N–C) groups is 1. The van der Waals surface area contributed by atoms with Crippen molar-refractivity contribution in [2.24, 2.45) is 22.4 Å². The molecule has 6 heteroatoms. The van der Waals surface area contributed by atoms with Crippen molar-refractivity contribution in [1.82, 2.24) is 5.32 Å². The lowest BCUT2D eigenvalue weighted by Crippen LogP contribution is -2.46. The summed E-state index contributed by atoms with van der Waals surface area (Å²) in [5.74, 6) is -0.119. The van der Waals surface area contributed by atoms with Crippen LogP contribution in [0.15, 0.2) is 16.6 Å². The quantitative estimate of drug-likeness (QED) is 0.346. The molecule has 2 unspecified atom stereocenters. The number of esters is 1. The van der Waals surface area contributed by atoms with Crippen molar-refractivity contribution in [1.29, 1.82) is 0 Å². The highest BCUT2D eigenvalue weighted by Crippen LogP contribution is 2.26. The molecule has 0 aromatic carbocycles. The fraction of sp³-hybridized carbons (Fsp3) is 0.636. The van der Waals surface area contributed by atoms with Crippen molar-refractivity contribution in [3.63, 3.8) is 0 Å². The van der Waals surface area contributed by atoms with Crippen LogP contribution < -0.4 is 16.8 Å². The number of likely N-dealkylation sites (N-methyl/N-ethyl adjacent to an activating group) is 1. The molecule has 17 heavy (non-hydrogen) atoms. The normalized spacial score (nSPS) is 28.2. The number of carbonyl (C=O) groups excluding carboxylic acids is 1. The Kier molecular flexibility index (Phi) is 4.51. The molecule has 0 spiro atoms. The van der Waals surface area contributed by atoms with E-state index in [9.17, 15) is 4.79 Å². The van der Waals surface area contributed by atoms with Crippen LogP contribution in [0.1, 0.15) is 13.3 Å². The second-order valence-corrected chi connectivity index (χ2v) is 4.18. The molecule has 0 aromatic heterocycles. The van der Waals surface area contributed by atoms with E-state index in [2.05, 4.69) is 10.3 Å². The number of hydrogen-bond donors (Lipinski definition) is 3. The molecule has 0 aliphatic heterocycles. The number of methoxy groups -OCH3 is 1. The summed E-state index contributed by atoms with van der Waals surface area (Å²) in [6.45, 7) is 2.01. The number of ether oxygens (including phenoxy) is 1. The summed E-state index contributed by atoms with van der Waals surface area (Å²) in [5, 5.41) is 3.17. The van der Waals surface area contributed by atoms with E-state index in [0.29, 0.717) is 12.0 Å². The molecule has 0 radical (unpaired) electrons. The zero-order valence-corrected chi connectivity index (χ0v) is 10.4. The van der Waals surface area contributed by atoms with Crippen LogP contribution >= 0.6 is 0 Å². The van der Waals surface area contributed by atoms with Gasteiger partial charge in [-0.2, -0.15) is 0 Å². The van der Waals surface area contributed by atoms with Gasteiger partial charge < -0.3 is 21.5 Å². The van der Waals surface area contributed by atoms with E-state index < -0.39 is 0 Å². The first-order valence-electron chi connectivity index (χ1n) is 5.54. The monoisotopic (exact) mass is 240 g/mol. The lowest BCUT2D eigenvalue weighted by Gasteiger charge is -2.32. The third kappa shape index (κ3) is 3.20. The highest BCUT2D eigenvalue weighted by atomic mass is 16.5. The number of nitrogens with zero attached hydrogens (tertiary/aromatic N) is 1. The minimum Gasteiger partial charge on any atom is -0.466 e. The fourth-order valence-corrected chi connectivity index (χ4v) is 2.25. The molecule has 1 rings (SSSR count). The minimum atomic E-state index is -0.317. The molecule has 0 fully saturated rings. The highest BCUT2D eigenvalue weighted by Gasteiger charge is 2.32. The number of guanidine groups is 1. The maximum Gasteiger partial charge on any atom is 0.333 e. The molecule has 1 aliphatic rings. The van der Waals surface area contributed by atoms with Crippen LogP contribution in [0.4, 0.5) is 0 Å². The van der Waals surface area contributed by atoms with E-state index in [1.165, 1.54) is 7.11 Å². The van der Waals surface area contributed by atoms with Crippen molar-refractivity contribution in [3.05, 3.63) is 11.6 Å². The van der Waals surface area contributed by atoms with Crippen molar-refractivity contribution in [2.45, 2.75) is 25.4 Å². The van der Waals surface area contributed by atoms with Gasteiger partial charge in [0.15, 0.2) is 5.96 Å². The second kappa shape index (κ2) is 5.67. The number of carbonyl (C=O) groups is 1. The van der Waals surface area contributed by atoms with Crippen LogP contribution in [0.25, 0.3) is 0 Å². The number of hydrogen-bond acceptors (Lipinski definition) is 4. The molecule has 6 nitrogen and oxygen atoms in total. The molecule has 0 heterocycles. The molecule has 0 bridgehead atoms. The van der Waals surface area contributed by atoms with Crippen molar-refractivity contribution in [3.8, 4) is 0 Å². The Hall–Kier alpha value is -1.56. The molecule has 3 atom stereocenters. The van der Waals surface area contributed by atoms with E-state index in [1.54, 1.807) is 0 Å². The average Bonchev–Trinajstić information content (AvgIpc) is 2.26. The topological polar surface area (TPSA) is 103 Å². The predicted octanol–water partition coefficient (Wildman–Crippen LogP) is -0.644. The van der Waals surface area contributed by atoms with Crippen LogP contribution in [0.3, 0.4) is 0 Å². The van der Waals surface area contributed by atoms with E-state index >= 15 is 0 Å². The highest BCUT2D eigenvalue weighted by molar-refractivity contribution is 5.89. The summed E-state index contributed by atoms with van der Waals surface area (Å²) in [6.07, 6.45) is 2.39. The standard InChI is InChI=1S/C11H20N4O2/c1-6-4-7(10(16)17-3)5-8(9(6)14-2)15-11(12)13/h4,6,8-9,14H,5H2,1-3H3,(H4,12,13,15)/t6-,8?,9?/m1/s1. The lowest BCUT2D eigenvalue weighted by molar-refractivity contribution is -0.136. The van der Waals surface area contributed by atoms with Gasteiger partial charge in [0, 0.05) is 18.0 Å². The number of rotatable bonds is 3. The van der Waals surface area contributed by atoms with Crippen LogP contribution in [-0.4, -0.2) is 38.2 Å². The molecule has 1 aliphatic carbocycles. The molecule has 0 saturated carbocycles. The first kappa shape index (κ1) is 13.5. The maximum atomic E-state index is 11.5. The molecule has 96 valence electrons. The largest absolute Gasteiger partial charge is 0.466 e. The van der Waals surface area contributed by atoms with Gasteiger partial charge in [0.05, 0.1) is 13.2 Å². The molecule has 0 aromatic rings. The molecule has 5 N–H and O–H groups in total. The average molecular weight is 240 g/mol. The van der Waals surface area contributed by atoms with Crippen LogP contribution in [0.2, 0.25) is 0 Å². The van der Waals surface area contributed by atoms with E-state index in [0.717, 1.165) is 0 Å². The second-order valence-electron chi connectivity index (χ2n) is 4.18. The Morgan fingerprint density at radius 3 is 2.71 bits per heavy atom. The van der Waals surface area contributed by atoms with Gasteiger partial charge in [0.25, 0.3) is 0 Å². The van der Waals surface area contributed by atoms with Gasteiger partial charge in [0.2, 0.25) is 0 Å². The molecular formula is C11H20N4O2. The van der Waals surface area contributed by atoms with E-state index in [1.807, 2.05) is 20.0 Å². The van der Waals surface area contributed by atoms with Crippen molar-refractivity contribution < 1.29 is 9.53 Å². The summed E-state index contributed by atoms with van der Waals surface area (Å²) >= 11 is 0. The lowest BCUT2D eigenvalue weighted by atomic mass is 9.83. The SMILES string of the molecule is CNC1C(N=C(N)N)CC(C(=O)OC)=C[C@H]1C. The van der Waals surface area contributed by atoms with Gasteiger partial charge in [-0.15, -0.1) is 0 Å².